The molecule has 0 saturated carbocycles. The van der Waals surface area contributed by atoms with Gasteiger partial charge in [-0.1, -0.05) is 6.07 Å². The summed E-state index contributed by atoms with van der Waals surface area (Å²) in [7, 11) is 0. The minimum atomic E-state index is -6.77. The molecule has 1 aromatic heterocycles. The number of carbonyl (C=O) groups is 2. The lowest BCUT2D eigenvalue weighted by molar-refractivity contribution is -0.351. The van der Waals surface area contributed by atoms with Crippen molar-refractivity contribution < 1.29 is 53.5 Å². The van der Waals surface area contributed by atoms with Crippen LogP contribution in [0.25, 0.3) is 0 Å². The van der Waals surface area contributed by atoms with E-state index in [1.165, 1.54) is 0 Å². The van der Waals surface area contributed by atoms with Gasteiger partial charge in [-0.2, -0.15) is 48.9 Å². The van der Waals surface area contributed by atoms with Crippen LogP contribution in [0.1, 0.15) is 29.8 Å². The number of nitrogens with one attached hydrogen (secondary N) is 1. The van der Waals surface area contributed by atoms with Crippen molar-refractivity contribution >= 4 is 41.8 Å². The van der Waals surface area contributed by atoms with Crippen LogP contribution in [-0.2, 0) is 6.18 Å². The predicted molar refractivity (Wildman–Crippen MR) is 123 cm³/mol. The highest BCUT2D eigenvalue weighted by atomic mass is 35.5. The molecule has 40 heavy (non-hydrogen) atoms. The Labute approximate surface area is 224 Å². The molecule has 8 nitrogen and oxygen atoms in total. The maximum absolute atomic E-state index is 14.3. The third-order valence-electron chi connectivity index (χ3n) is 5.42. The van der Waals surface area contributed by atoms with Crippen molar-refractivity contribution in [2.24, 2.45) is 0 Å². The van der Waals surface area contributed by atoms with Crippen molar-refractivity contribution in [3.63, 3.8) is 0 Å². The number of nitrogen functional groups attached to an aromatic ring is 1. The van der Waals surface area contributed by atoms with Crippen LogP contribution >= 0.6 is 12.4 Å². The van der Waals surface area contributed by atoms with Gasteiger partial charge in [-0.25, -0.2) is 9.78 Å². The summed E-state index contributed by atoms with van der Waals surface area (Å²) in [6.07, 6.45) is -11.3. The van der Waals surface area contributed by atoms with E-state index in [1.807, 2.05) is 0 Å². The van der Waals surface area contributed by atoms with Crippen LogP contribution in [0.4, 0.5) is 66.2 Å². The van der Waals surface area contributed by atoms with Crippen molar-refractivity contribution in [2.75, 3.05) is 28.6 Å². The molecule has 0 bridgehead atoms. The maximum Gasteiger partial charge on any atom is 0.459 e. The standard InChI is InChI=1S/C21H18F10N6O2.ClH/c1-17(2)8-37(16(39)35-17)15-33-7-12(13(32)34-15)14(38)36(9-18(22,23)20(27,28)21(29,30)31)11-5-3-4-10(6-11)19(24,25)26;/h3-7H,8-9H2,1-2H3,(H,35,39)(H2,32,33,34);1H. The molecule has 0 spiro atoms. The smallest absolute Gasteiger partial charge is 0.383 e. The van der Waals surface area contributed by atoms with Gasteiger partial charge in [0.15, 0.2) is 0 Å². The largest absolute Gasteiger partial charge is 0.459 e. The van der Waals surface area contributed by atoms with Crippen LogP contribution in [0.3, 0.4) is 0 Å². The Bertz CT molecular complexity index is 1290. The minimum absolute atomic E-state index is 0. The van der Waals surface area contributed by atoms with Crippen LogP contribution in [0.2, 0.25) is 0 Å². The van der Waals surface area contributed by atoms with E-state index in [9.17, 15) is 53.5 Å². The molecule has 222 valence electrons. The summed E-state index contributed by atoms with van der Waals surface area (Å²) < 4.78 is 134. The molecule has 19 heteroatoms. The zero-order valence-corrected chi connectivity index (χ0v) is 21.0. The molecule has 2 heterocycles. The third-order valence-corrected chi connectivity index (χ3v) is 5.42. The highest BCUT2D eigenvalue weighted by Crippen LogP contribution is 2.47. The Morgan fingerprint density at radius 3 is 2.17 bits per heavy atom. The zero-order chi connectivity index (χ0) is 29.8. The van der Waals surface area contributed by atoms with Gasteiger partial charge in [0.1, 0.15) is 11.4 Å². The van der Waals surface area contributed by atoms with Crippen LogP contribution < -0.4 is 20.9 Å². The lowest BCUT2D eigenvalue weighted by atomic mass is 10.1. The highest BCUT2D eigenvalue weighted by molar-refractivity contribution is 6.09. The molecule has 0 radical (unpaired) electrons. The van der Waals surface area contributed by atoms with Gasteiger partial charge in [-0.05, 0) is 32.0 Å². The number of rotatable bonds is 6. The fraction of sp³-hybridized carbons (Fsp3) is 0.429. The van der Waals surface area contributed by atoms with E-state index in [0.717, 1.165) is 4.90 Å². The van der Waals surface area contributed by atoms with Crippen molar-refractivity contribution in [1.29, 1.82) is 0 Å². The summed E-state index contributed by atoms with van der Waals surface area (Å²) in [5, 5.41) is 2.56. The fourth-order valence-corrected chi connectivity index (χ4v) is 3.49. The second-order valence-corrected chi connectivity index (χ2v) is 9.09. The summed E-state index contributed by atoms with van der Waals surface area (Å²) in [5.74, 6) is -15.7. The second kappa shape index (κ2) is 10.4. The van der Waals surface area contributed by atoms with E-state index in [1.54, 1.807) is 13.8 Å². The highest BCUT2D eigenvalue weighted by Gasteiger charge is 2.73. The molecule has 0 aliphatic carbocycles. The topological polar surface area (TPSA) is 104 Å². The van der Waals surface area contributed by atoms with E-state index >= 15 is 0 Å². The lowest BCUT2D eigenvalue weighted by Gasteiger charge is -2.33. The number of nitrogens with zero attached hydrogens (tertiary/aromatic N) is 4. The molecular formula is C21H19ClF10N6O2. The number of hydrogen-bond acceptors (Lipinski definition) is 5. The van der Waals surface area contributed by atoms with E-state index in [0.29, 0.717) is 24.4 Å². The van der Waals surface area contributed by atoms with Gasteiger partial charge in [-0.15, -0.1) is 12.4 Å². The van der Waals surface area contributed by atoms with Gasteiger partial charge in [0.2, 0.25) is 5.95 Å². The molecular weight excluding hydrogens is 594 g/mol. The molecule has 3 rings (SSSR count). The number of nitrogens with two attached hydrogens (primary N) is 1. The molecule has 1 saturated heterocycles. The summed E-state index contributed by atoms with van der Waals surface area (Å²) in [5.41, 5.74) is 1.38. The Morgan fingerprint density at radius 2 is 1.70 bits per heavy atom. The monoisotopic (exact) mass is 612 g/mol. The first-order chi connectivity index (χ1) is 17.6. The SMILES string of the molecule is CC1(C)CN(c2ncc(C(=O)N(CC(F)(F)C(F)(F)C(F)(F)F)c3cccc(C(F)(F)F)c3)c(N)n2)C(=O)N1.Cl. The minimum Gasteiger partial charge on any atom is -0.383 e. The zero-order valence-electron chi connectivity index (χ0n) is 20.2. The number of amides is 3. The van der Waals surface area contributed by atoms with E-state index in [4.69, 9.17) is 5.73 Å². The van der Waals surface area contributed by atoms with Gasteiger partial charge in [0.05, 0.1) is 24.2 Å². The van der Waals surface area contributed by atoms with Gasteiger partial charge < -0.3 is 16.0 Å². The predicted octanol–water partition coefficient (Wildman–Crippen LogP) is 5.29. The molecule has 1 aliphatic heterocycles. The molecule has 3 N–H and O–H groups in total. The number of hydrogen-bond donors (Lipinski definition) is 2. The Hall–Kier alpha value is -3.57. The van der Waals surface area contributed by atoms with E-state index in [-0.39, 0.29) is 31.0 Å². The summed E-state index contributed by atoms with van der Waals surface area (Å²) in [6, 6.07) is 1.09. The van der Waals surface area contributed by atoms with E-state index < -0.39 is 75.8 Å². The molecule has 1 fully saturated rings. The Morgan fingerprint density at radius 1 is 1.10 bits per heavy atom. The average Bonchev–Trinajstić information content (AvgIpc) is 3.07. The fourth-order valence-electron chi connectivity index (χ4n) is 3.49. The van der Waals surface area contributed by atoms with Crippen LogP contribution in [0.15, 0.2) is 30.5 Å². The van der Waals surface area contributed by atoms with Crippen molar-refractivity contribution in [3.8, 4) is 0 Å². The van der Waals surface area contributed by atoms with Crippen LogP contribution in [0.5, 0.6) is 0 Å². The number of carbonyl (C=O) groups excluding carboxylic acids is 2. The van der Waals surface area contributed by atoms with Crippen molar-refractivity contribution in [1.82, 2.24) is 15.3 Å². The normalized spacial score (nSPS) is 15.9. The molecule has 0 atom stereocenters. The number of aromatic nitrogens is 2. The second-order valence-electron chi connectivity index (χ2n) is 9.09. The first-order valence-corrected chi connectivity index (χ1v) is 10.6. The van der Waals surface area contributed by atoms with Gasteiger partial charge in [0.25, 0.3) is 5.91 Å². The lowest BCUT2D eigenvalue weighted by Crippen LogP contribution is -2.58. The Kier molecular flexibility index (Phi) is 8.52. The molecule has 1 aliphatic rings. The first-order valence-electron chi connectivity index (χ1n) is 10.6. The number of anilines is 3. The number of urea groups is 1. The number of alkyl halides is 10. The number of halogens is 11. The van der Waals surface area contributed by atoms with Crippen LogP contribution in [-0.4, -0.2) is 58.6 Å². The summed E-state index contributed by atoms with van der Waals surface area (Å²) in [6.45, 7) is 0.573. The number of benzene rings is 1. The van der Waals surface area contributed by atoms with E-state index in [2.05, 4.69) is 15.3 Å². The maximum atomic E-state index is 14.3. The van der Waals surface area contributed by atoms with Crippen molar-refractivity contribution in [2.45, 2.75) is 43.6 Å². The molecule has 2 aromatic rings. The van der Waals surface area contributed by atoms with Crippen LogP contribution in [0, 0.1) is 0 Å². The quantitative estimate of drug-likeness (QED) is 0.432. The summed E-state index contributed by atoms with van der Waals surface area (Å²) in [4.78, 5) is 33.2. The molecule has 0 unspecified atom stereocenters. The first kappa shape index (κ1) is 32.6. The Balaban J connectivity index is 0.00000560. The average molecular weight is 613 g/mol. The molecule has 3 amide bonds. The van der Waals surface area contributed by atoms with Gasteiger partial charge >= 0.3 is 30.2 Å². The molecule has 1 aromatic carbocycles. The third kappa shape index (κ3) is 6.26. The summed E-state index contributed by atoms with van der Waals surface area (Å²) >= 11 is 0. The van der Waals surface area contributed by atoms with Crippen molar-refractivity contribution in [3.05, 3.63) is 41.6 Å². The van der Waals surface area contributed by atoms with Gasteiger partial charge in [0, 0.05) is 11.9 Å². The van der Waals surface area contributed by atoms with Gasteiger partial charge in [-0.3, -0.25) is 9.69 Å².